The van der Waals surface area contributed by atoms with Crippen molar-refractivity contribution in [2.24, 2.45) is 11.8 Å². The molecule has 0 spiro atoms. The van der Waals surface area contributed by atoms with Crippen molar-refractivity contribution < 1.29 is 23.2 Å². The molecule has 228 valence electrons. The van der Waals surface area contributed by atoms with Gasteiger partial charge in [0, 0.05) is 18.0 Å². The van der Waals surface area contributed by atoms with E-state index in [1.807, 2.05) is 31.3 Å². The number of nitrogens with one attached hydrogen (secondary N) is 2. The fourth-order valence-electron chi connectivity index (χ4n) is 5.42. The highest BCUT2D eigenvalue weighted by atomic mass is 19.1. The van der Waals surface area contributed by atoms with Crippen LogP contribution in [-0.2, 0) is 9.59 Å². The molecule has 2 aromatic heterocycles. The summed E-state index contributed by atoms with van der Waals surface area (Å²) in [6, 6.07) is 7.58. The average Bonchev–Trinajstić information content (AvgIpc) is 3.96. The van der Waals surface area contributed by atoms with E-state index in [0.29, 0.717) is 22.7 Å². The molecular formula is C34H35F2N5O3. The number of carbonyl (C=O) groups is 3. The number of allylic oxidation sites excluding steroid dienone is 2. The zero-order valence-corrected chi connectivity index (χ0v) is 24.5. The van der Waals surface area contributed by atoms with Crippen molar-refractivity contribution in [2.45, 2.75) is 57.3 Å². The Morgan fingerprint density at radius 1 is 1.05 bits per heavy atom. The van der Waals surface area contributed by atoms with Crippen LogP contribution in [0, 0.1) is 17.7 Å². The Kier molecular flexibility index (Phi) is 8.50. The molecule has 2 aliphatic carbocycles. The number of hydrogen-bond donors (Lipinski definition) is 2. The van der Waals surface area contributed by atoms with Gasteiger partial charge in [-0.1, -0.05) is 24.3 Å². The molecule has 6 rings (SSSR count). The number of halogens is 2. The van der Waals surface area contributed by atoms with Gasteiger partial charge in [0.25, 0.3) is 5.91 Å². The van der Waals surface area contributed by atoms with Gasteiger partial charge in [-0.2, -0.15) is 0 Å². The van der Waals surface area contributed by atoms with Crippen molar-refractivity contribution >= 4 is 40.8 Å². The molecule has 3 heterocycles. The van der Waals surface area contributed by atoms with Crippen LogP contribution >= 0.6 is 0 Å². The van der Waals surface area contributed by atoms with E-state index in [9.17, 15) is 23.2 Å². The molecule has 2 saturated carbocycles. The van der Waals surface area contributed by atoms with E-state index in [2.05, 4.69) is 32.8 Å². The first kappa shape index (κ1) is 29.6. The lowest BCUT2D eigenvalue weighted by Crippen LogP contribution is -2.49. The van der Waals surface area contributed by atoms with E-state index in [-0.39, 0.29) is 18.7 Å². The molecule has 1 aromatic carbocycles. The van der Waals surface area contributed by atoms with Gasteiger partial charge in [0.05, 0.1) is 30.3 Å². The molecule has 3 atom stereocenters. The Balaban J connectivity index is 1.11. The summed E-state index contributed by atoms with van der Waals surface area (Å²) in [6.07, 6.45) is 13.4. The lowest BCUT2D eigenvalue weighted by molar-refractivity contribution is -0.138. The number of alkyl halides is 1. The third-order valence-electron chi connectivity index (χ3n) is 8.30. The molecule has 0 bridgehead atoms. The number of aromatic nitrogens is 2. The van der Waals surface area contributed by atoms with Crippen LogP contribution in [0.2, 0.25) is 0 Å². The number of rotatable bonds is 10. The van der Waals surface area contributed by atoms with Crippen LogP contribution in [0.25, 0.3) is 23.1 Å². The van der Waals surface area contributed by atoms with Gasteiger partial charge in [0.1, 0.15) is 23.7 Å². The monoisotopic (exact) mass is 599 g/mol. The van der Waals surface area contributed by atoms with Crippen LogP contribution in [-0.4, -0.2) is 57.9 Å². The van der Waals surface area contributed by atoms with Gasteiger partial charge in [0.15, 0.2) is 0 Å². The average molecular weight is 600 g/mol. The normalized spacial score (nSPS) is 20.8. The second kappa shape index (κ2) is 12.6. The molecule has 44 heavy (non-hydrogen) atoms. The quantitative estimate of drug-likeness (QED) is 0.335. The van der Waals surface area contributed by atoms with Crippen molar-refractivity contribution in [1.29, 1.82) is 0 Å². The summed E-state index contributed by atoms with van der Waals surface area (Å²) in [5.41, 5.74) is 3.10. The van der Waals surface area contributed by atoms with Crippen LogP contribution in [0.15, 0.2) is 54.7 Å². The fraction of sp³-hybridized carbons (Fsp3) is 0.382. The van der Waals surface area contributed by atoms with E-state index >= 15 is 0 Å². The Labute approximate surface area is 254 Å². The molecule has 1 saturated heterocycles. The van der Waals surface area contributed by atoms with Gasteiger partial charge in [0.2, 0.25) is 11.8 Å². The number of benzene rings is 1. The molecule has 0 radical (unpaired) electrons. The van der Waals surface area contributed by atoms with E-state index in [1.54, 1.807) is 6.07 Å². The summed E-state index contributed by atoms with van der Waals surface area (Å²) in [5.74, 6) is -0.867. The smallest absolute Gasteiger partial charge is 0.270 e. The van der Waals surface area contributed by atoms with Crippen molar-refractivity contribution in [3.63, 3.8) is 0 Å². The van der Waals surface area contributed by atoms with Gasteiger partial charge < -0.3 is 15.5 Å². The Bertz CT molecular complexity index is 1650. The van der Waals surface area contributed by atoms with Gasteiger partial charge in [-0.25, -0.2) is 13.8 Å². The lowest BCUT2D eigenvalue weighted by Gasteiger charge is -2.26. The maximum atomic E-state index is 14.6. The maximum Gasteiger partial charge on any atom is 0.270 e. The van der Waals surface area contributed by atoms with Crippen LogP contribution < -0.4 is 10.6 Å². The van der Waals surface area contributed by atoms with Crippen molar-refractivity contribution in [2.75, 3.05) is 13.1 Å². The third-order valence-corrected chi connectivity index (χ3v) is 8.30. The van der Waals surface area contributed by atoms with E-state index < -0.39 is 48.3 Å². The largest absolute Gasteiger partial charge is 0.348 e. The first-order valence-corrected chi connectivity index (χ1v) is 15.2. The van der Waals surface area contributed by atoms with Gasteiger partial charge in [-0.3, -0.25) is 19.4 Å². The van der Waals surface area contributed by atoms with Crippen LogP contribution in [0.5, 0.6) is 0 Å². The van der Waals surface area contributed by atoms with E-state index in [0.717, 1.165) is 16.8 Å². The molecule has 8 nitrogen and oxygen atoms in total. The minimum absolute atomic E-state index is 0.0556. The predicted octanol–water partition coefficient (Wildman–Crippen LogP) is 5.16. The van der Waals surface area contributed by atoms with Crippen molar-refractivity contribution in [3.8, 4) is 0 Å². The first-order valence-electron chi connectivity index (χ1n) is 15.2. The van der Waals surface area contributed by atoms with E-state index in [1.165, 1.54) is 54.8 Å². The maximum absolute atomic E-state index is 14.6. The number of likely N-dealkylation sites (tertiary alicyclic amines) is 1. The topological polar surface area (TPSA) is 104 Å². The summed E-state index contributed by atoms with van der Waals surface area (Å²) in [7, 11) is 0. The minimum Gasteiger partial charge on any atom is -0.348 e. The Morgan fingerprint density at radius 2 is 1.80 bits per heavy atom. The van der Waals surface area contributed by atoms with Crippen molar-refractivity contribution in [1.82, 2.24) is 25.5 Å². The number of carbonyl (C=O) groups excluding carboxylic acids is 3. The number of amides is 3. The summed E-state index contributed by atoms with van der Waals surface area (Å²) in [4.78, 5) is 49.3. The zero-order valence-electron chi connectivity index (χ0n) is 24.5. The SMILES string of the molecule is C[C@@H](NC(=O)C1C[C@@H](F)CN1C(=O)CNC(=O)c1ccc2cc(F)ccc2n1)c1cc(/C=C/C2CC2)ncc1/C=C/C1CC1. The van der Waals surface area contributed by atoms with Crippen molar-refractivity contribution in [3.05, 3.63) is 83.1 Å². The van der Waals surface area contributed by atoms with Gasteiger partial charge in [-0.05, 0) is 92.0 Å². The molecule has 10 heteroatoms. The highest BCUT2D eigenvalue weighted by molar-refractivity contribution is 5.97. The number of nitrogens with zero attached hydrogens (tertiary/aromatic N) is 3. The standard InChI is InChI=1S/C34H35F2N5O3/c1-20(28-16-27(11-7-22-4-5-22)37-17-24(28)8-6-21-2-3-21)39-34(44)31-15-26(36)19-41(31)32(42)18-38-33(43)30-12-9-23-14-25(35)10-13-29(23)40-30/h6-14,16-17,20-22,26,31H,2-5,15,18-19H2,1H3,(H,38,43)(H,39,44)/b8-6+,11-7+/t20-,26-,31?/m1/s1. The Hall–Kier alpha value is -4.47. The molecule has 2 N–H and O–H groups in total. The second-order valence-corrected chi connectivity index (χ2v) is 12.0. The number of hydrogen-bond acceptors (Lipinski definition) is 5. The van der Waals surface area contributed by atoms with E-state index in [4.69, 9.17) is 0 Å². The number of fused-ring (bicyclic) bond motifs is 1. The molecule has 1 unspecified atom stereocenters. The zero-order chi connectivity index (χ0) is 30.8. The minimum atomic E-state index is -1.36. The third kappa shape index (κ3) is 7.18. The van der Waals surface area contributed by atoms with Gasteiger partial charge in [-0.15, -0.1) is 0 Å². The highest BCUT2D eigenvalue weighted by Crippen LogP contribution is 2.33. The fourth-order valence-corrected chi connectivity index (χ4v) is 5.42. The summed E-state index contributed by atoms with van der Waals surface area (Å²) in [6.45, 7) is 1.21. The molecule has 3 fully saturated rings. The first-order chi connectivity index (χ1) is 21.2. The molecule has 3 aromatic rings. The summed E-state index contributed by atoms with van der Waals surface area (Å²) >= 11 is 0. The molecular weight excluding hydrogens is 564 g/mol. The molecule has 1 aliphatic heterocycles. The predicted molar refractivity (Wildman–Crippen MR) is 163 cm³/mol. The second-order valence-electron chi connectivity index (χ2n) is 12.0. The summed E-state index contributed by atoms with van der Waals surface area (Å²) < 4.78 is 28.0. The Morgan fingerprint density at radius 3 is 2.55 bits per heavy atom. The highest BCUT2D eigenvalue weighted by Gasteiger charge is 2.40. The summed E-state index contributed by atoms with van der Waals surface area (Å²) in [5, 5.41) is 6.05. The van der Waals surface area contributed by atoms with Crippen LogP contribution in [0.1, 0.15) is 72.4 Å². The molecule has 3 amide bonds. The number of pyridine rings is 2. The van der Waals surface area contributed by atoms with Gasteiger partial charge >= 0.3 is 0 Å². The van der Waals surface area contributed by atoms with Crippen LogP contribution in [0.4, 0.5) is 8.78 Å². The molecule has 3 aliphatic rings. The van der Waals surface area contributed by atoms with Crippen LogP contribution in [0.3, 0.4) is 0 Å². The lowest BCUT2D eigenvalue weighted by atomic mass is 10.0.